The third-order valence-electron chi connectivity index (χ3n) is 4.40. The van der Waals surface area contributed by atoms with Gasteiger partial charge in [0.25, 0.3) is 0 Å². The highest BCUT2D eigenvalue weighted by Crippen LogP contribution is 2.12. The number of piperazine rings is 1. The van der Waals surface area contributed by atoms with Crippen molar-refractivity contribution in [1.29, 1.82) is 0 Å². The van der Waals surface area contributed by atoms with E-state index in [0.29, 0.717) is 6.61 Å². The molecule has 0 spiro atoms. The van der Waals surface area contributed by atoms with E-state index in [2.05, 4.69) is 38.3 Å². The van der Waals surface area contributed by atoms with Gasteiger partial charge in [-0.25, -0.2) is 0 Å². The fourth-order valence-electron chi connectivity index (χ4n) is 3.04. The molecule has 27 heavy (non-hydrogen) atoms. The highest BCUT2D eigenvalue weighted by molar-refractivity contribution is 14.0. The summed E-state index contributed by atoms with van der Waals surface area (Å²) < 4.78 is 10.7. The summed E-state index contributed by atoms with van der Waals surface area (Å²) in [5, 5.41) is 7.37. The van der Waals surface area contributed by atoms with Crippen LogP contribution in [-0.2, 0) is 6.54 Å². The van der Waals surface area contributed by atoms with Crippen LogP contribution >= 0.6 is 24.0 Å². The van der Waals surface area contributed by atoms with Gasteiger partial charge in [0.15, 0.2) is 5.96 Å². The van der Waals surface area contributed by atoms with E-state index >= 15 is 0 Å². The van der Waals surface area contributed by atoms with Crippen molar-refractivity contribution in [2.75, 3.05) is 46.4 Å². The summed E-state index contributed by atoms with van der Waals surface area (Å²) in [6.45, 7) is 8.07. The Bertz CT molecular complexity index is 700. The van der Waals surface area contributed by atoms with Crippen molar-refractivity contribution in [3.8, 4) is 5.75 Å². The van der Waals surface area contributed by atoms with Crippen LogP contribution in [0.2, 0.25) is 0 Å². The normalized spacial score (nSPS) is 15.3. The maximum Gasteiger partial charge on any atom is 0.193 e. The molecular weight excluding hydrogens is 457 g/mol. The Morgan fingerprint density at radius 3 is 2.74 bits per heavy atom. The van der Waals surface area contributed by atoms with Crippen LogP contribution in [0.5, 0.6) is 5.75 Å². The van der Waals surface area contributed by atoms with Crippen LogP contribution in [0.3, 0.4) is 0 Å². The Kier molecular flexibility index (Phi) is 8.86. The van der Waals surface area contributed by atoms with Crippen molar-refractivity contribution in [3.05, 3.63) is 47.9 Å². The Morgan fingerprint density at radius 2 is 2.07 bits per heavy atom. The summed E-state index contributed by atoms with van der Waals surface area (Å²) in [4.78, 5) is 9.06. The van der Waals surface area contributed by atoms with Gasteiger partial charge in [-0.2, -0.15) is 0 Å². The number of aryl methyl sites for hydroxylation is 1. The SMILES string of the molecule is CN=C(NCCOc1cccc(C)c1)N1CCN(Cc2ccon2)CC1.I. The first-order chi connectivity index (χ1) is 12.7. The number of aromatic nitrogens is 1. The predicted molar refractivity (Wildman–Crippen MR) is 117 cm³/mol. The van der Waals surface area contributed by atoms with Gasteiger partial charge in [0, 0.05) is 45.8 Å². The molecule has 1 aromatic heterocycles. The maximum atomic E-state index is 5.78. The second kappa shape index (κ2) is 11.1. The Labute approximate surface area is 177 Å². The summed E-state index contributed by atoms with van der Waals surface area (Å²) >= 11 is 0. The average Bonchev–Trinajstić information content (AvgIpc) is 3.16. The lowest BCUT2D eigenvalue weighted by molar-refractivity contribution is 0.168. The number of hydrogen-bond acceptors (Lipinski definition) is 5. The van der Waals surface area contributed by atoms with Gasteiger partial charge < -0.3 is 19.5 Å². The molecular formula is C19H28IN5O2. The van der Waals surface area contributed by atoms with Crippen molar-refractivity contribution in [2.45, 2.75) is 13.5 Å². The summed E-state index contributed by atoms with van der Waals surface area (Å²) in [6, 6.07) is 10.0. The van der Waals surface area contributed by atoms with Crippen LogP contribution in [0.15, 0.2) is 46.1 Å². The highest BCUT2D eigenvalue weighted by Gasteiger charge is 2.20. The molecule has 1 N–H and O–H groups in total. The molecule has 1 aliphatic rings. The summed E-state index contributed by atoms with van der Waals surface area (Å²) in [5.74, 6) is 1.84. The maximum absolute atomic E-state index is 5.78. The first-order valence-electron chi connectivity index (χ1n) is 9.01. The number of aliphatic imine (C=N–C) groups is 1. The molecule has 148 valence electrons. The van der Waals surface area contributed by atoms with Crippen LogP contribution < -0.4 is 10.1 Å². The Balaban J connectivity index is 0.00000261. The first-order valence-corrected chi connectivity index (χ1v) is 9.01. The molecule has 2 aromatic rings. The average molecular weight is 485 g/mol. The van der Waals surface area contributed by atoms with Crippen LogP contribution in [0.1, 0.15) is 11.3 Å². The van der Waals surface area contributed by atoms with E-state index in [1.807, 2.05) is 31.3 Å². The van der Waals surface area contributed by atoms with E-state index in [1.54, 1.807) is 6.26 Å². The molecule has 0 unspecified atom stereocenters. The molecule has 1 aliphatic heterocycles. The van der Waals surface area contributed by atoms with Crippen molar-refractivity contribution < 1.29 is 9.26 Å². The number of nitrogens with one attached hydrogen (secondary N) is 1. The minimum Gasteiger partial charge on any atom is -0.492 e. The molecule has 0 bridgehead atoms. The van der Waals surface area contributed by atoms with Gasteiger partial charge in [-0.1, -0.05) is 17.3 Å². The van der Waals surface area contributed by atoms with Gasteiger partial charge in [0.1, 0.15) is 18.6 Å². The van der Waals surface area contributed by atoms with Gasteiger partial charge in [0.2, 0.25) is 0 Å². The van der Waals surface area contributed by atoms with E-state index in [0.717, 1.165) is 56.7 Å². The van der Waals surface area contributed by atoms with Gasteiger partial charge in [-0.15, -0.1) is 24.0 Å². The number of rotatable bonds is 6. The van der Waals surface area contributed by atoms with E-state index in [-0.39, 0.29) is 24.0 Å². The minimum atomic E-state index is 0. The van der Waals surface area contributed by atoms with Crippen molar-refractivity contribution in [2.24, 2.45) is 4.99 Å². The van der Waals surface area contributed by atoms with Crippen LogP contribution in [-0.4, -0.2) is 67.3 Å². The number of hydrogen-bond donors (Lipinski definition) is 1. The van der Waals surface area contributed by atoms with Crippen molar-refractivity contribution in [3.63, 3.8) is 0 Å². The zero-order valence-corrected chi connectivity index (χ0v) is 18.3. The van der Waals surface area contributed by atoms with E-state index in [9.17, 15) is 0 Å². The van der Waals surface area contributed by atoms with Gasteiger partial charge >= 0.3 is 0 Å². The molecule has 0 aliphatic carbocycles. The van der Waals surface area contributed by atoms with Gasteiger partial charge in [0.05, 0.1) is 12.2 Å². The van der Waals surface area contributed by atoms with Crippen LogP contribution in [0, 0.1) is 6.92 Å². The number of ether oxygens (including phenoxy) is 1. The lowest BCUT2D eigenvalue weighted by atomic mass is 10.2. The zero-order chi connectivity index (χ0) is 18.2. The molecule has 1 aromatic carbocycles. The molecule has 0 saturated carbocycles. The second-order valence-electron chi connectivity index (χ2n) is 6.39. The Morgan fingerprint density at radius 1 is 1.26 bits per heavy atom. The third-order valence-corrected chi connectivity index (χ3v) is 4.40. The van der Waals surface area contributed by atoms with Crippen LogP contribution in [0.25, 0.3) is 0 Å². The number of benzene rings is 1. The lowest BCUT2D eigenvalue weighted by Crippen LogP contribution is -2.52. The van der Waals surface area contributed by atoms with Crippen molar-refractivity contribution >= 4 is 29.9 Å². The van der Waals surface area contributed by atoms with Crippen molar-refractivity contribution in [1.82, 2.24) is 20.3 Å². The van der Waals surface area contributed by atoms with Gasteiger partial charge in [-0.3, -0.25) is 9.89 Å². The summed E-state index contributed by atoms with van der Waals surface area (Å²) in [6.07, 6.45) is 1.62. The first kappa shape index (κ1) is 21.5. The molecule has 0 amide bonds. The summed E-state index contributed by atoms with van der Waals surface area (Å²) in [7, 11) is 1.82. The number of nitrogens with zero attached hydrogens (tertiary/aromatic N) is 4. The minimum absolute atomic E-state index is 0. The zero-order valence-electron chi connectivity index (χ0n) is 15.9. The van der Waals surface area contributed by atoms with Crippen LogP contribution in [0.4, 0.5) is 0 Å². The van der Waals surface area contributed by atoms with E-state index in [4.69, 9.17) is 9.26 Å². The molecule has 0 radical (unpaired) electrons. The third kappa shape index (κ3) is 6.69. The van der Waals surface area contributed by atoms with Gasteiger partial charge in [-0.05, 0) is 24.6 Å². The fourth-order valence-corrected chi connectivity index (χ4v) is 3.04. The number of guanidine groups is 1. The highest BCUT2D eigenvalue weighted by atomic mass is 127. The number of halogens is 1. The molecule has 7 nitrogen and oxygen atoms in total. The molecule has 8 heteroatoms. The topological polar surface area (TPSA) is 66.1 Å². The lowest BCUT2D eigenvalue weighted by Gasteiger charge is -2.36. The molecule has 2 heterocycles. The predicted octanol–water partition coefficient (Wildman–Crippen LogP) is 2.37. The fraction of sp³-hybridized carbons (Fsp3) is 0.474. The van der Waals surface area contributed by atoms with E-state index < -0.39 is 0 Å². The largest absolute Gasteiger partial charge is 0.492 e. The molecule has 1 fully saturated rings. The second-order valence-corrected chi connectivity index (χ2v) is 6.39. The molecule has 1 saturated heterocycles. The summed E-state index contributed by atoms with van der Waals surface area (Å²) in [5.41, 5.74) is 2.18. The molecule has 0 atom stereocenters. The monoisotopic (exact) mass is 485 g/mol. The van der Waals surface area contributed by atoms with E-state index in [1.165, 1.54) is 5.56 Å². The Hall–Kier alpha value is -1.81. The molecule has 3 rings (SSSR count). The smallest absolute Gasteiger partial charge is 0.193 e. The standard InChI is InChI=1S/C19H27N5O2.HI/c1-16-4-3-5-18(14-16)25-13-7-21-19(20-2)24-10-8-23(9-11-24)15-17-6-12-26-22-17;/h3-6,12,14H,7-11,13,15H2,1-2H3,(H,20,21);1H. The quantitative estimate of drug-likeness (QED) is 0.294.